The van der Waals surface area contributed by atoms with Gasteiger partial charge in [-0.1, -0.05) is 71.1 Å². The van der Waals surface area contributed by atoms with Crippen LogP contribution in [0, 0.1) is 16.7 Å². The van der Waals surface area contributed by atoms with Gasteiger partial charge in [-0.05, 0) is 35.6 Å². The molecule has 0 radical (unpaired) electrons. The Bertz CT molecular complexity index is 883. The van der Waals surface area contributed by atoms with Crippen molar-refractivity contribution in [2.45, 2.75) is 36.7 Å². The summed E-state index contributed by atoms with van der Waals surface area (Å²) in [6.07, 6.45) is 5.28. The number of hydrogen-bond acceptors (Lipinski definition) is 4. The van der Waals surface area contributed by atoms with Gasteiger partial charge in [0.05, 0.1) is 16.7 Å². The minimum atomic E-state index is -2.96. The van der Waals surface area contributed by atoms with Crippen LogP contribution in [0.4, 0.5) is 8.78 Å². The average molecular weight is 449 g/mol. The molecule has 2 aromatic carbocycles. The summed E-state index contributed by atoms with van der Waals surface area (Å²) in [5.74, 6) is 0.713. The fraction of sp³-hybridized carbons (Fsp3) is 0.273. The molecule has 1 unspecified atom stereocenters. The van der Waals surface area contributed by atoms with Gasteiger partial charge in [0.15, 0.2) is 0 Å². The number of rotatable bonds is 9. The second-order valence-corrected chi connectivity index (χ2v) is 9.28. The molecule has 7 heteroatoms. The van der Waals surface area contributed by atoms with E-state index in [2.05, 4.69) is 19.1 Å². The van der Waals surface area contributed by atoms with Crippen molar-refractivity contribution in [1.82, 2.24) is 0 Å². The van der Waals surface area contributed by atoms with E-state index in [1.54, 1.807) is 36.0 Å². The Kier molecular flexibility index (Phi) is 9.36. The Morgan fingerprint density at radius 1 is 1.17 bits per heavy atom. The first-order chi connectivity index (χ1) is 13.8. The summed E-state index contributed by atoms with van der Waals surface area (Å²) in [6.45, 7) is 2.14. The van der Waals surface area contributed by atoms with Crippen LogP contribution in [0.5, 0.6) is 0 Å². The van der Waals surface area contributed by atoms with Crippen molar-refractivity contribution >= 4 is 37.8 Å². The number of unbranched alkanes of at least 4 members (excludes halogenated alkanes) is 2. The third-order valence-electron chi connectivity index (χ3n) is 4.06. The van der Waals surface area contributed by atoms with Crippen molar-refractivity contribution in [3.8, 4) is 6.07 Å². The predicted octanol–water partition coefficient (Wildman–Crippen LogP) is 7.41. The number of nitriles is 1. The Hall–Kier alpha value is -1.67. The maximum absolute atomic E-state index is 13.4. The molecule has 2 aromatic rings. The molecule has 0 spiro atoms. The number of alkyl halides is 2. The van der Waals surface area contributed by atoms with Crippen LogP contribution >= 0.6 is 32.8 Å². The second-order valence-electron chi connectivity index (χ2n) is 6.37. The normalized spacial score (nSPS) is 11.9. The Balaban J connectivity index is 2.05. The number of nitrogens with zero attached hydrogens (tertiary/aromatic N) is 1. The summed E-state index contributed by atoms with van der Waals surface area (Å²) in [7, 11) is 1.53. The maximum Gasteiger partial charge on any atom is 0.283 e. The molecule has 2 rings (SSSR count). The van der Waals surface area contributed by atoms with Gasteiger partial charge in [-0.3, -0.25) is 5.41 Å². The van der Waals surface area contributed by atoms with Gasteiger partial charge in [0.25, 0.3) is 5.66 Å². The van der Waals surface area contributed by atoms with E-state index in [1.165, 1.54) is 33.1 Å². The highest BCUT2D eigenvalue weighted by Crippen LogP contribution is 2.35. The van der Waals surface area contributed by atoms with Crippen LogP contribution in [-0.2, 0) is 5.66 Å². The van der Waals surface area contributed by atoms with Crippen LogP contribution in [0.1, 0.15) is 42.9 Å². The fourth-order valence-electron chi connectivity index (χ4n) is 2.41. The highest BCUT2D eigenvalue weighted by molar-refractivity contribution is 8.18. The molecule has 1 atom stereocenters. The lowest BCUT2D eigenvalue weighted by Gasteiger charge is -2.12. The number of nitrogens with one attached hydrogen (secondary N) is 1. The van der Waals surface area contributed by atoms with Gasteiger partial charge in [-0.25, -0.2) is 0 Å². The number of thioether (sulfide) groups is 2. The molecular formula is C22H23F2N2PS2. The first kappa shape index (κ1) is 23.6. The Labute approximate surface area is 181 Å². The minimum absolute atomic E-state index is 0.0841. The molecule has 0 bridgehead atoms. The average Bonchev–Trinajstić information content (AvgIpc) is 2.71. The lowest BCUT2D eigenvalue weighted by molar-refractivity contribution is 0.104. The zero-order valence-electron chi connectivity index (χ0n) is 16.1. The molecule has 152 valence electrons. The molecule has 0 fully saturated rings. The van der Waals surface area contributed by atoms with Crippen molar-refractivity contribution in [2.75, 3.05) is 5.75 Å². The van der Waals surface area contributed by atoms with E-state index in [0.29, 0.717) is 21.9 Å². The first-order valence-electron chi connectivity index (χ1n) is 9.19. The fourth-order valence-corrected chi connectivity index (χ4v) is 4.49. The number of halogens is 2. The smallest absolute Gasteiger partial charge is 0.283 e. The number of allylic oxidation sites excluding steroid dienone is 1. The van der Waals surface area contributed by atoms with Crippen LogP contribution in [0.3, 0.4) is 0 Å². The minimum Gasteiger partial charge on any atom is -0.293 e. The highest BCUT2D eigenvalue weighted by atomic mass is 32.2. The molecule has 0 heterocycles. The van der Waals surface area contributed by atoms with Crippen LogP contribution < -0.4 is 0 Å². The van der Waals surface area contributed by atoms with Crippen LogP contribution in [-0.4, -0.2) is 10.8 Å². The standard InChI is InChI=1S/C22H23F2N2PS2/c1-2-3-4-5-20(15-28-19-12-6-16(14-25)7-13-19)29-21(26)17-8-10-18(11-9-17)22(23,24)27/h5-13,26H,2-4,15,27H2,1H3/b20-5+,26-21?. The lowest BCUT2D eigenvalue weighted by atomic mass is 10.1. The van der Waals surface area contributed by atoms with E-state index >= 15 is 0 Å². The van der Waals surface area contributed by atoms with E-state index in [9.17, 15) is 8.78 Å². The number of benzene rings is 2. The lowest BCUT2D eigenvalue weighted by Crippen LogP contribution is -2.03. The van der Waals surface area contributed by atoms with Gasteiger partial charge < -0.3 is 0 Å². The zero-order valence-corrected chi connectivity index (χ0v) is 18.9. The molecule has 0 aliphatic rings. The quantitative estimate of drug-likeness (QED) is 0.143. The van der Waals surface area contributed by atoms with E-state index in [0.717, 1.165) is 29.1 Å². The molecule has 29 heavy (non-hydrogen) atoms. The van der Waals surface area contributed by atoms with Gasteiger partial charge in [-0.15, -0.1) is 11.8 Å². The molecule has 0 saturated carbocycles. The molecular weight excluding hydrogens is 425 g/mol. The molecule has 0 aliphatic carbocycles. The van der Waals surface area contributed by atoms with Crippen molar-refractivity contribution < 1.29 is 8.78 Å². The summed E-state index contributed by atoms with van der Waals surface area (Å²) in [6, 6.07) is 15.4. The van der Waals surface area contributed by atoms with Crippen molar-refractivity contribution in [2.24, 2.45) is 0 Å². The summed E-state index contributed by atoms with van der Waals surface area (Å²) in [4.78, 5) is 2.13. The third-order valence-corrected chi connectivity index (χ3v) is 6.65. The van der Waals surface area contributed by atoms with Gasteiger partial charge in [0.1, 0.15) is 0 Å². The van der Waals surface area contributed by atoms with Crippen molar-refractivity contribution in [1.29, 1.82) is 10.7 Å². The summed E-state index contributed by atoms with van der Waals surface area (Å²) < 4.78 is 26.7. The van der Waals surface area contributed by atoms with Crippen LogP contribution in [0.15, 0.2) is 64.4 Å². The highest BCUT2D eigenvalue weighted by Gasteiger charge is 2.24. The number of hydrogen-bond donors (Lipinski definition) is 1. The second kappa shape index (κ2) is 11.5. The predicted molar refractivity (Wildman–Crippen MR) is 124 cm³/mol. The molecule has 0 amide bonds. The molecule has 2 nitrogen and oxygen atoms in total. The largest absolute Gasteiger partial charge is 0.293 e. The van der Waals surface area contributed by atoms with Gasteiger partial charge in [0.2, 0.25) is 0 Å². The van der Waals surface area contributed by atoms with E-state index < -0.39 is 5.66 Å². The third kappa shape index (κ3) is 7.93. The molecule has 0 aliphatic heterocycles. The Morgan fingerprint density at radius 3 is 2.38 bits per heavy atom. The van der Waals surface area contributed by atoms with E-state index in [4.69, 9.17) is 10.7 Å². The van der Waals surface area contributed by atoms with Gasteiger partial charge in [-0.2, -0.15) is 14.0 Å². The molecule has 1 N–H and O–H groups in total. The maximum atomic E-state index is 13.4. The molecule has 0 aromatic heterocycles. The van der Waals surface area contributed by atoms with Crippen LogP contribution in [0.2, 0.25) is 0 Å². The van der Waals surface area contributed by atoms with E-state index in [-0.39, 0.29) is 5.56 Å². The summed E-state index contributed by atoms with van der Waals surface area (Å²) in [5.41, 5.74) is -1.79. The Morgan fingerprint density at radius 2 is 1.83 bits per heavy atom. The molecule has 0 saturated heterocycles. The first-order valence-corrected chi connectivity index (χ1v) is 11.6. The summed E-state index contributed by atoms with van der Waals surface area (Å²) >= 11 is 3.02. The topological polar surface area (TPSA) is 47.6 Å². The SMILES string of the molecule is CCCC/C=C(\CSc1ccc(C#N)cc1)SC(=N)c1ccc(C(F)(F)P)cc1. The monoisotopic (exact) mass is 448 g/mol. The van der Waals surface area contributed by atoms with Crippen molar-refractivity contribution in [3.05, 3.63) is 76.2 Å². The van der Waals surface area contributed by atoms with Crippen LogP contribution in [0.25, 0.3) is 0 Å². The van der Waals surface area contributed by atoms with Crippen molar-refractivity contribution in [3.63, 3.8) is 0 Å². The van der Waals surface area contributed by atoms with Gasteiger partial charge in [0, 0.05) is 21.8 Å². The summed E-state index contributed by atoms with van der Waals surface area (Å²) in [5, 5.41) is 17.6. The van der Waals surface area contributed by atoms with E-state index in [1.807, 2.05) is 12.1 Å². The zero-order chi connectivity index (χ0) is 21.3. The van der Waals surface area contributed by atoms with Gasteiger partial charge >= 0.3 is 0 Å².